The molecule has 1 aromatic carbocycles. The van der Waals surface area contributed by atoms with Gasteiger partial charge in [-0.2, -0.15) is 0 Å². The summed E-state index contributed by atoms with van der Waals surface area (Å²) in [5.74, 6) is 0.382. The van der Waals surface area contributed by atoms with E-state index < -0.39 is 4.92 Å². The van der Waals surface area contributed by atoms with Crippen molar-refractivity contribution in [3.63, 3.8) is 0 Å². The van der Waals surface area contributed by atoms with Crippen LogP contribution in [0.2, 0.25) is 5.02 Å². The number of methoxy groups -OCH3 is 1. The molecule has 0 saturated heterocycles. The second kappa shape index (κ2) is 7.31. The lowest BCUT2D eigenvalue weighted by Crippen LogP contribution is -2.23. The highest BCUT2D eigenvalue weighted by Gasteiger charge is 2.09. The smallest absolute Gasteiger partial charge is 0.269 e. The molecule has 0 saturated carbocycles. The molecular weight excluding hydrogens is 256 g/mol. The Labute approximate surface area is 111 Å². The van der Waals surface area contributed by atoms with Gasteiger partial charge in [0, 0.05) is 44.0 Å². The fourth-order valence-electron chi connectivity index (χ4n) is 1.61. The van der Waals surface area contributed by atoms with Crippen LogP contribution in [0.25, 0.3) is 0 Å². The summed E-state index contributed by atoms with van der Waals surface area (Å²) >= 11 is 5.99. The first-order chi connectivity index (χ1) is 8.54. The van der Waals surface area contributed by atoms with Gasteiger partial charge in [-0.05, 0) is 17.5 Å². The second-order valence-electron chi connectivity index (χ2n) is 4.22. The maximum Gasteiger partial charge on any atom is 0.269 e. The molecule has 0 aliphatic heterocycles. The van der Waals surface area contributed by atoms with Crippen LogP contribution in [0.5, 0.6) is 0 Å². The van der Waals surface area contributed by atoms with Gasteiger partial charge in [0.05, 0.1) is 4.92 Å². The maximum absolute atomic E-state index is 10.7. The minimum Gasteiger partial charge on any atom is -0.384 e. The molecule has 100 valence electrons. The molecule has 0 amide bonds. The predicted molar refractivity (Wildman–Crippen MR) is 70.9 cm³/mol. The van der Waals surface area contributed by atoms with Crippen molar-refractivity contribution in [1.82, 2.24) is 5.32 Å². The number of nitrogens with one attached hydrogen (secondary N) is 1. The number of rotatable bonds is 7. The Morgan fingerprint density at radius 2 is 2.28 bits per heavy atom. The number of hydrogen-bond acceptors (Lipinski definition) is 4. The van der Waals surface area contributed by atoms with E-state index >= 15 is 0 Å². The van der Waals surface area contributed by atoms with Crippen molar-refractivity contribution in [1.29, 1.82) is 0 Å². The molecule has 1 unspecified atom stereocenters. The summed E-state index contributed by atoms with van der Waals surface area (Å²) in [6.07, 6.45) is 0. The molecule has 5 nitrogen and oxygen atoms in total. The van der Waals surface area contributed by atoms with Gasteiger partial charge < -0.3 is 10.1 Å². The molecule has 0 fully saturated rings. The number of nitro groups is 1. The third-order valence-corrected chi connectivity index (χ3v) is 2.87. The predicted octanol–water partition coefficient (Wildman–Crippen LogP) is 2.62. The zero-order valence-electron chi connectivity index (χ0n) is 10.5. The lowest BCUT2D eigenvalue weighted by Gasteiger charge is -2.12. The van der Waals surface area contributed by atoms with Crippen molar-refractivity contribution in [2.45, 2.75) is 13.5 Å². The summed E-state index contributed by atoms with van der Waals surface area (Å²) in [5, 5.41) is 14.4. The number of ether oxygens (including phenoxy) is 1. The van der Waals surface area contributed by atoms with E-state index in [0.717, 1.165) is 12.1 Å². The van der Waals surface area contributed by atoms with E-state index in [4.69, 9.17) is 16.3 Å². The molecule has 1 atom stereocenters. The van der Waals surface area contributed by atoms with Gasteiger partial charge in [-0.3, -0.25) is 10.1 Å². The van der Waals surface area contributed by atoms with Crippen LogP contribution in [0, 0.1) is 16.0 Å². The SMILES string of the molecule is COCC(C)CNCc1cc([N+](=O)[O-])ccc1Cl. The standard InChI is InChI=1S/C12H17ClN2O3/c1-9(8-18-2)6-14-7-10-5-11(15(16)17)3-4-12(10)13/h3-5,9,14H,6-8H2,1-2H3. The first-order valence-electron chi connectivity index (χ1n) is 5.67. The van der Waals surface area contributed by atoms with Crippen molar-refractivity contribution in [3.8, 4) is 0 Å². The lowest BCUT2D eigenvalue weighted by atomic mass is 10.1. The zero-order valence-corrected chi connectivity index (χ0v) is 11.2. The topological polar surface area (TPSA) is 64.4 Å². The molecule has 1 rings (SSSR count). The number of benzene rings is 1. The van der Waals surface area contributed by atoms with E-state index in [2.05, 4.69) is 12.2 Å². The summed E-state index contributed by atoms with van der Waals surface area (Å²) in [6, 6.07) is 4.45. The Morgan fingerprint density at radius 3 is 2.89 bits per heavy atom. The van der Waals surface area contributed by atoms with Gasteiger partial charge in [0.2, 0.25) is 0 Å². The Kier molecular flexibility index (Phi) is 6.04. The summed E-state index contributed by atoms with van der Waals surface area (Å²) < 4.78 is 5.03. The normalized spacial score (nSPS) is 12.4. The Hall–Kier alpha value is -1.17. The number of nitro benzene ring substituents is 1. The zero-order chi connectivity index (χ0) is 13.5. The average Bonchev–Trinajstić information content (AvgIpc) is 2.31. The van der Waals surface area contributed by atoms with Gasteiger partial charge in [-0.1, -0.05) is 18.5 Å². The molecule has 6 heteroatoms. The van der Waals surface area contributed by atoms with E-state index in [1.807, 2.05) is 0 Å². The second-order valence-corrected chi connectivity index (χ2v) is 4.63. The summed E-state index contributed by atoms with van der Waals surface area (Å²) in [6.45, 7) is 4.02. The number of halogens is 1. The first kappa shape index (κ1) is 14.9. The third-order valence-electron chi connectivity index (χ3n) is 2.50. The van der Waals surface area contributed by atoms with Gasteiger partial charge in [-0.15, -0.1) is 0 Å². The van der Waals surface area contributed by atoms with Gasteiger partial charge in [0.15, 0.2) is 0 Å². The van der Waals surface area contributed by atoms with Crippen molar-refractivity contribution >= 4 is 17.3 Å². The number of nitrogens with zero attached hydrogens (tertiary/aromatic N) is 1. The van der Waals surface area contributed by atoms with Crippen LogP contribution in [0.4, 0.5) is 5.69 Å². The van der Waals surface area contributed by atoms with E-state index in [-0.39, 0.29) is 5.69 Å². The van der Waals surface area contributed by atoms with Gasteiger partial charge in [0.1, 0.15) is 0 Å². The highest BCUT2D eigenvalue weighted by molar-refractivity contribution is 6.31. The van der Waals surface area contributed by atoms with E-state index in [1.54, 1.807) is 13.2 Å². The molecule has 0 heterocycles. The fraction of sp³-hybridized carbons (Fsp3) is 0.500. The molecule has 0 spiro atoms. The highest BCUT2D eigenvalue weighted by atomic mass is 35.5. The van der Waals surface area contributed by atoms with Crippen LogP contribution < -0.4 is 5.32 Å². The Balaban J connectivity index is 2.56. The lowest BCUT2D eigenvalue weighted by molar-refractivity contribution is -0.384. The van der Waals surface area contributed by atoms with E-state index in [1.165, 1.54) is 12.1 Å². The van der Waals surface area contributed by atoms with E-state index in [0.29, 0.717) is 24.1 Å². The summed E-state index contributed by atoms with van der Waals surface area (Å²) in [4.78, 5) is 10.2. The monoisotopic (exact) mass is 272 g/mol. The fourth-order valence-corrected chi connectivity index (χ4v) is 1.79. The van der Waals surface area contributed by atoms with Gasteiger partial charge in [-0.25, -0.2) is 0 Å². The van der Waals surface area contributed by atoms with E-state index in [9.17, 15) is 10.1 Å². The minimum absolute atomic E-state index is 0.0566. The van der Waals surface area contributed by atoms with Crippen molar-refractivity contribution in [3.05, 3.63) is 38.9 Å². The van der Waals surface area contributed by atoms with Crippen molar-refractivity contribution in [2.24, 2.45) is 5.92 Å². The number of hydrogen-bond donors (Lipinski definition) is 1. The molecule has 0 radical (unpaired) electrons. The summed E-state index contributed by atoms with van der Waals surface area (Å²) in [7, 11) is 1.66. The van der Waals surface area contributed by atoms with Crippen LogP contribution >= 0.6 is 11.6 Å². The largest absolute Gasteiger partial charge is 0.384 e. The quantitative estimate of drug-likeness (QED) is 0.612. The summed E-state index contributed by atoms with van der Waals surface area (Å²) in [5.41, 5.74) is 0.789. The van der Waals surface area contributed by atoms with Gasteiger partial charge in [0.25, 0.3) is 5.69 Å². The van der Waals surface area contributed by atoms with Crippen molar-refractivity contribution < 1.29 is 9.66 Å². The van der Waals surface area contributed by atoms with Crippen LogP contribution in [-0.4, -0.2) is 25.2 Å². The van der Waals surface area contributed by atoms with Crippen LogP contribution in [0.1, 0.15) is 12.5 Å². The molecule has 0 bridgehead atoms. The van der Waals surface area contributed by atoms with Crippen molar-refractivity contribution in [2.75, 3.05) is 20.3 Å². The van der Waals surface area contributed by atoms with Crippen LogP contribution in [-0.2, 0) is 11.3 Å². The maximum atomic E-state index is 10.7. The average molecular weight is 273 g/mol. The molecule has 0 aromatic heterocycles. The van der Waals surface area contributed by atoms with Gasteiger partial charge >= 0.3 is 0 Å². The molecular formula is C12H17ClN2O3. The highest BCUT2D eigenvalue weighted by Crippen LogP contribution is 2.21. The molecule has 1 aromatic rings. The Bertz CT molecular complexity index is 412. The minimum atomic E-state index is -0.423. The molecule has 1 N–H and O–H groups in total. The third kappa shape index (κ3) is 4.60. The molecule has 0 aliphatic rings. The van der Waals surface area contributed by atoms with Crippen LogP contribution in [0.15, 0.2) is 18.2 Å². The first-order valence-corrected chi connectivity index (χ1v) is 6.05. The number of non-ortho nitro benzene ring substituents is 1. The molecule has 18 heavy (non-hydrogen) atoms. The Morgan fingerprint density at radius 1 is 1.56 bits per heavy atom. The van der Waals surface area contributed by atoms with Crippen LogP contribution in [0.3, 0.4) is 0 Å². The molecule has 0 aliphatic carbocycles.